The van der Waals surface area contributed by atoms with Crippen LogP contribution in [0, 0.1) is 11.3 Å². The molecule has 0 bridgehead atoms. The number of ether oxygens (including phenoxy) is 1. The zero-order valence-corrected chi connectivity index (χ0v) is 12.4. The zero-order valence-electron chi connectivity index (χ0n) is 10.8. The number of nitrogen functional groups attached to an aromatic ring is 1. The number of nitrogens with zero attached hydrogens (tertiary/aromatic N) is 1. The minimum Gasteiger partial charge on any atom is -0.490 e. The SMILES string of the molecule is N#Cc1ccc(NCCOc2ccccc2N)cc1Br. The number of hydrogen-bond donors (Lipinski definition) is 2. The molecule has 2 rings (SSSR count). The van der Waals surface area contributed by atoms with Gasteiger partial charge >= 0.3 is 0 Å². The molecule has 0 amide bonds. The van der Waals surface area contributed by atoms with E-state index in [0.717, 1.165) is 10.2 Å². The van der Waals surface area contributed by atoms with Gasteiger partial charge in [-0.1, -0.05) is 12.1 Å². The summed E-state index contributed by atoms with van der Waals surface area (Å²) >= 11 is 3.35. The highest BCUT2D eigenvalue weighted by Gasteiger charge is 2.01. The number of nitrogens with two attached hydrogens (primary N) is 1. The number of halogens is 1. The fourth-order valence-electron chi connectivity index (χ4n) is 1.68. The van der Waals surface area contributed by atoms with Crippen molar-refractivity contribution in [1.82, 2.24) is 0 Å². The molecular formula is C15H14BrN3O. The van der Waals surface area contributed by atoms with E-state index in [1.165, 1.54) is 0 Å². The van der Waals surface area contributed by atoms with Crippen molar-refractivity contribution in [2.24, 2.45) is 0 Å². The number of rotatable bonds is 5. The summed E-state index contributed by atoms with van der Waals surface area (Å²) in [6, 6.07) is 15.0. The van der Waals surface area contributed by atoms with Crippen molar-refractivity contribution in [2.75, 3.05) is 24.2 Å². The summed E-state index contributed by atoms with van der Waals surface area (Å²) in [4.78, 5) is 0. The van der Waals surface area contributed by atoms with Crippen molar-refractivity contribution >= 4 is 27.3 Å². The lowest BCUT2D eigenvalue weighted by Gasteiger charge is -2.10. The van der Waals surface area contributed by atoms with Crippen LogP contribution in [0.2, 0.25) is 0 Å². The molecule has 0 saturated carbocycles. The van der Waals surface area contributed by atoms with Gasteiger partial charge in [-0.25, -0.2) is 0 Å². The standard InChI is InChI=1S/C15H14BrN3O/c16-13-9-12(6-5-11(13)10-17)19-7-8-20-15-4-2-1-3-14(15)18/h1-6,9,19H,7-8,18H2. The lowest BCUT2D eigenvalue weighted by atomic mass is 10.2. The summed E-state index contributed by atoms with van der Waals surface area (Å²) < 4.78 is 6.36. The Labute approximate surface area is 126 Å². The van der Waals surface area contributed by atoms with Gasteiger partial charge in [-0.2, -0.15) is 5.26 Å². The molecule has 0 atom stereocenters. The number of anilines is 2. The Hall–Kier alpha value is -2.19. The molecule has 0 fully saturated rings. The summed E-state index contributed by atoms with van der Waals surface area (Å²) in [5.74, 6) is 0.690. The first kappa shape index (κ1) is 14.2. The Balaban J connectivity index is 1.83. The molecule has 0 heterocycles. The van der Waals surface area contributed by atoms with Crippen molar-refractivity contribution in [3.8, 4) is 11.8 Å². The van der Waals surface area contributed by atoms with Crippen LogP contribution in [0.3, 0.4) is 0 Å². The molecule has 0 unspecified atom stereocenters. The molecule has 0 aliphatic rings. The van der Waals surface area contributed by atoms with Crippen LogP contribution in [0.5, 0.6) is 5.75 Å². The molecule has 0 aliphatic carbocycles. The maximum Gasteiger partial charge on any atom is 0.142 e. The normalized spacial score (nSPS) is 9.80. The molecule has 20 heavy (non-hydrogen) atoms. The van der Waals surface area contributed by atoms with E-state index in [4.69, 9.17) is 15.7 Å². The molecule has 0 aliphatic heterocycles. The van der Waals surface area contributed by atoms with Crippen molar-refractivity contribution in [3.63, 3.8) is 0 Å². The molecule has 102 valence electrons. The number of benzene rings is 2. The van der Waals surface area contributed by atoms with E-state index in [9.17, 15) is 0 Å². The van der Waals surface area contributed by atoms with Crippen LogP contribution in [0.1, 0.15) is 5.56 Å². The average Bonchev–Trinajstić information content (AvgIpc) is 2.45. The minimum absolute atomic E-state index is 0.506. The smallest absolute Gasteiger partial charge is 0.142 e. The maximum atomic E-state index is 8.84. The summed E-state index contributed by atoms with van der Waals surface area (Å²) in [5.41, 5.74) is 7.96. The van der Waals surface area contributed by atoms with E-state index in [-0.39, 0.29) is 0 Å². The van der Waals surface area contributed by atoms with Crippen LogP contribution in [0.4, 0.5) is 11.4 Å². The van der Waals surface area contributed by atoms with E-state index >= 15 is 0 Å². The first-order valence-corrected chi connectivity index (χ1v) is 6.91. The van der Waals surface area contributed by atoms with Crippen molar-refractivity contribution in [3.05, 3.63) is 52.5 Å². The van der Waals surface area contributed by atoms with E-state index in [2.05, 4.69) is 27.3 Å². The van der Waals surface area contributed by atoms with E-state index < -0.39 is 0 Å². The van der Waals surface area contributed by atoms with Crippen LogP contribution in [-0.4, -0.2) is 13.2 Å². The molecule has 2 aromatic carbocycles. The number of nitrogens with one attached hydrogen (secondary N) is 1. The Morgan fingerprint density at radius 3 is 2.75 bits per heavy atom. The summed E-state index contributed by atoms with van der Waals surface area (Å²) in [6.45, 7) is 1.15. The monoisotopic (exact) mass is 331 g/mol. The highest BCUT2D eigenvalue weighted by molar-refractivity contribution is 9.10. The van der Waals surface area contributed by atoms with Gasteiger partial charge in [0.1, 0.15) is 18.4 Å². The molecule has 0 saturated heterocycles. The van der Waals surface area contributed by atoms with Gasteiger partial charge in [0.15, 0.2) is 0 Å². The van der Waals surface area contributed by atoms with Gasteiger partial charge in [0.05, 0.1) is 11.3 Å². The van der Waals surface area contributed by atoms with Crippen LogP contribution < -0.4 is 15.8 Å². The zero-order chi connectivity index (χ0) is 14.4. The van der Waals surface area contributed by atoms with Gasteiger partial charge in [0.2, 0.25) is 0 Å². The van der Waals surface area contributed by atoms with Crippen LogP contribution in [0.15, 0.2) is 46.9 Å². The lowest BCUT2D eigenvalue weighted by molar-refractivity contribution is 0.334. The molecule has 2 aromatic rings. The third-order valence-electron chi connectivity index (χ3n) is 2.70. The molecule has 0 spiro atoms. The first-order chi connectivity index (χ1) is 9.70. The van der Waals surface area contributed by atoms with Gasteiger partial charge in [-0.15, -0.1) is 0 Å². The Bertz CT molecular complexity index is 637. The Morgan fingerprint density at radius 1 is 1.25 bits per heavy atom. The van der Waals surface area contributed by atoms with Gasteiger partial charge in [0, 0.05) is 16.7 Å². The first-order valence-electron chi connectivity index (χ1n) is 6.11. The second-order valence-electron chi connectivity index (χ2n) is 4.12. The largest absolute Gasteiger partial charge is 0.490 e. The van der Waals surface area contributed by atoms with Gasteiger partial charge < -0.3 is 15.8 Å². The molecular weight excluding hydrogens is 318 g/mol. The predicted octanol–water partition coefficient (Wildman–Crippen LogP) is 3.39. The topological polar surface area (TPSA) is 71.1 Å². The van der Waals surface area contributed by atoms with E-state index in [0.29, 0.717) is 30.2 Å². The molecule has 0 aromatic heterocycles. The van der Waals surface area contributed by atoms with E-state index in [1.54, 1.807) is 12.1 Å². The molecule has 5 heteroatoms. The number of para-hydroxylation sites is 2. The molecule has 3 N–H and O–H groups in total. The Kier molecular flexibility index (Phi) is 4.85. The maximum absolute atomic E-state index is 8.84. The quantitative estimate of drug-likeness (QED) is 0.650. The highest BCUT2D eigenvalue weighted by Crippen LogP contribution is 2.21. The van der Waals surface area contributed by atoms with Crippen molar-refractivity contribution < 1.29 is 4.74 Å². The van der Waals surface area contributed by atoms with Gasteiger partial charge in [-0.05, 0) is 46.3 Å². The van der Waals surface area contributed by atoms with Crippen LogP contribution in [-0.2, 0) is 0 Å². The number of hydrogen-bond acceptors (Lipinski definition) is 4. The predicted molar refractivity (Wildman–Crippen MR) is 83.7 cm³/mol. The van der Waals surface area contributed by atoms with Gasteiger partial charge in [-0.3, -0.25) is 0 Å². The molecule has 0 radical (unpaired) electrons. The summed E-state index contributed by atoms with van der Waals surface area (Å²) in [7, 11) is 0. The van der Waals surface area contributed by atoms with E-state index in [1.807, 2.05) is 30.3 Å². The van der Waals surface area contributed by atoms with Crippen molar-refractivity contribution in [1.29, 1.82) is 5.26 Å². The summed E-state index contributed by atoms with van der Waals surface area (Å²) in [5, 5.41) is 12.1. The molecule has 4 nitrogen and oxygen atoms in total. The second kappa shape index (κ2) is 6.83. The third kappa shape index (κ3) is 3.65. The minimum atomic E-state index is 0.506. The summed E-state index contributed by atoms with van der Waals surface area (Å²) in [6.07, 6.45) is 0. The lowest BCUT2D eigenvalue weighted by Crippen LogP contribution is -2.12. The van der Waals surface area contributed by atoms with Crippen LogP contribution >= 0.6 is 15.9 Å². The number of nitriles is 1. The third-order valence-corrected chi connectivity index (χ3v) is 3.35. The fourth-order valence-corrected chi connectivity index (χ4v) is 2.15. The van der Waals surface area contributed by atoms with Crippen LogP contribution in [0.25, 0.3) is 0 Å². The van der Waals surface area contributed by atoms with Gasteiger partial charge in [0.25, 0.3) is 0 Å². The fraction of sp³-hybridized carbons (Fsp3) is 0.133. The van der Waals surface area contributed by atoms with Crippen molar-refractivity contribution in [2.45, 2.75) is 0 Å². The second-order valence-corrected chi connectivity index (χ2v) is 4.97. The average molecular weight is 332 g/mol. The highest BCUT2D eigenvalue weighted by atomic mass is 79.9. The Morgan fingerprint density at radius 2 is 2.05 bits per heavy atom.